The van der Waals surface area contributed by atoms with E-state index in [1.807, 2.05) is 0 Å². The van der Waals surface area contributed by atoms with Crippen LogP contribution in [0.5, 0.6) is 0 Å². The molecule has 1 rings (SSSR count). The van der Waals surface area contributed by atoms with E-state index in [0.29, 0.717) is 0 Å². The summed E-state index contributed by atoms with van der Waals surface area (Å²) in [5.41, 5.74) is -6.08. The Bertz CT molecular complexity index is 833. The molecule has 4 nitrogen and oxygen atoms in total. The zero-order chi connectivity index (χ0) is 18.5. The fourth-order valence-corrected chi connectivity index (χ4v) is 5.07. The average Bonchev–Trinajstić information content (AvgIpc) is 2.40. The van der Waals surface area contributed by atoms with Crippen LogP contribution in [-0.4, -0.2) is 28.9 Å². The van der Waals surface area contributed by atoms with Crippen molar-refractivity contribution in [3.63, 3.8) is 0 Å². The number of sulfonamides is 1. The van der Waals surface area contributed by atoms with Gasteiger partial charge in [-0.3, -0.25) is 0 Å². The van der Waals surface area contributed by atoms with Gasteiger partial charge in [-0.1, -0.05) is 0 Å². The van der Waals surface area contributed by atoms with E-state index in [0.717, 1.165) is 0 Å². The Morgan fingerprint density at radius 1 is 0.826 bits per heavy atom. The van der Waals surface area contributed by atoms with E-state index in [2.05, 4.69) is 11.2 Å². The van der Waals surface area contributed by atoms with Gasteiger partial charge < -0.3 is 0 Å². The van der Waals surface area contributed by atoms with Gasteiger partial charge in [-0.2, -0.15) is 13.2 Å². The third-order valence-electron chi connectivity index (χ3n) is 2.40. The molecule has 23 heavy (non-hydrogen) atoms. The van der Waals surface area contributed by atoms with E-state index in [1.54, 1.807) is 0 Å². The second-order valence-corrected chi connectivity index (χ2v) is 9.19. The minimum Gasteiger partial charge on any atom is -0.235 e. The summed E-state index contributed by atoms with van der Waals surface area (Å²) in [4.78, 5) is -2.36. The SMILES string of the molecule is CN(S(=O)(=O)C(F)(F)F)S(=O)(=S)c1c(F)c(F)c(F)c(F)c1F. The first-order valence-electron chi connectivity index (χ1n) is 4.90. The van der Waals surface area contributed by atoms with Gasteiger partial charge >= 0.3 is 15.5 Å². The van der Waals surface area contributed by atoms with Crippen molar-refractivity contribution < 1.29 is 47.8 Å². The monoisotopic (exact) mass is 409 g/mol. The summed E-state index contributed by atoms with van der Waals surface area (Å²) in [5, 5.41) is 0. The van der Waals surface area contributed by atoms with Crippen molar-refractivity contribution >= 4 is 29.9 Å². The van der Waals surface area contributed by atoms with Gasteiger partial charge in [0.25, 0.3) is 0 Å². The Kier molecular flexibility index (Phi) is 5.03. The number of rotatable bonds is 3. The standard InChI is InChI=1S/C8H3F8NO3S3/c1-17(23(19,20)8(14,15)16)22(18,21)7-5(12)3(10)2(9)4(11)6(7)13/h1H3. The summed E-state index contributed by atoms with van der Waals surface area (Å²) in [7, 11) is -12.0. The predicted molar refractivity (Wildman–Crippen MR) is 62.7 cm³/mol. The lowest BCUT2D eigenvalue weighted by molar-refractivity contribution is -0.0464. The summed E-state index contributed by atoms with van der Waals surface area (Å²) >= 11 is 3.93. The van der Waals surface area contributed by atoms with Gasteiger partial charge in [0.1, 0.15) is 13.6 Å². The molecule has 0 aromatic heterocycles. The molecule has 1 atom stereocenters. The first-order valence-corrected chi connectivity index (χ1v) is 8.78. The van der Waals surface area contributed by atoms with Crippen LogP contribution in [-0.2, 0) is 29.9 Å². The fourth-order valence-electron chi connectivity index (χ4n) is 1.21. The number of benzene rings is 1. The molecule has 1 aromatic carbocycles. The Morgan fingerprint density at radius 2 is 1.13 bits per heavy atom. The van der Waals surface area contributed by atoms with Crippen molar-refractivity contribution in [1.82, 2.24) is 3.71 Å². The van der Waals surface area contributed by atoms with Gasteiger partial charge in [-0.15, -0.1) is 3.71 Å². The molecule has 0 amide bonds. The molecule has 0 radical (unpaired) electrons. The second-order valence-electron chi connectivity index (χ2n) is 3.73. The van der Waals surface area contributed by atoms with Gasteiger partial charge in [0, 0.05) is 18.2 Å². The van der Waals surface area contributed by atoms with E-state index in [1.165, 1.54) is 0 Å². The van der Waals surface area contributed by atoms with Gasteiger partial charge in [0.15, 0.2) is 23.3 Å². The second kappa shape index (κ2) is 5.78. The first-order chi connectivity index (χ1) is 10.1. The van der Waals surface area contributed by atoms with Crippen LogP contribution in [0.3, 0.4) is 0 Å². The van der Waals surface area contributed by atoms with Gasteiger partial charge in [0.2, 0.25) is 5.82 Å². The fraction of sp³-hybridized carbons (Fsp3) is 0.250. The summed E-state index contributed by atoms with van der Waals surface area (Å²) in [5.74, 6) is -13.6. The smallest absolute Gasteiger partial charge is 0.235 e. The number of hydrogen-bond donors (Lipinski definition) is 0. The van der Waals surface area contributed by atoms with Gasteiger partial charge in [-0.05, 0) is 0 Å². The topological polar surface area (TPSA) is 54.5 Å². The number of halogens is 8. The van der Waals surface area contributed by atoms with E-state index >= 15 is 0 Å². The van der Waals surface area contributed by atoms with Crippen molar-refractivity contribution in [1.29, 1.82) is 0 Å². The largest absolute Gasteiger partial charge is 0.512 e. The number of hydrogen-bond acceptors (Lipinski definition) is 4. The molecule has 0 N–H and O–H groups in total. The van der Waals surface area contributed by atoms with Crippen molar-refractivity contribution in [2.75, 3.05) is 7.05 Å². The van der Waals surface area contributed by atoms with Crippen LogP contribution in [0.2, 0.25) is 0 Å². The lowest BCUT2D eigenvalue weighted by atomic mass is 10.3. The minimum absolute atomic E-state index is 0.0732. The van der Waals surface area contributed by atoms with Crippen LogP contribution in [0, 0.1) is 29.1 Å². The number of nitrogens with zero attached hydrogens (tertiary/aromatic N) is 1. The summed E-state index contributed by atoms with van der Waals surface area (Å²) < 4.78 is 136. The molecule has 132 valence electrons. The number of alkyl halides is 3. The maximum Gasteiger partial charge on any atom is 0.512 e. The van der Waals surface area contributed by atoms with Crippen LogP contribution in [0.4, 0.5) is 35.1 Å². The molecular weight excluding hydrogens is 406 g/mol. The van der Waals surface area contributed by atoms with Gasteiger partial charge in [0.05, 0.1) is 0 Å². The van der Waals surface area contributed by atoms with E-state index in [4.69, 9.17) is 0 Å². The molecule has 0 aliphatic heterocycles. The van der Waals surface area contributed by atoms with E-state index < -0.39 is 61.9 Å². The molecule has 0 fully saturated rings. The zero-order valence-electron chi connectivity index (χ0n) is 10.4. The molecule has 0 aliphatic rings. The van der Waals surface area contributed by atoms with Gasteiger partial charge in [-0.25, -0.2) is 34.6 Å². The van der Waals surface area contributed by atoms with Crippen LogP contribution < -0.4 is 0 Å². The summed E-state index contributed by atoms with van der Waals surface area (Å²) in [6.07, 6.45) is 0. The quantitative estimate of drug-likeness (QED) is 0.436. The molecular formula is C8H3F8NO3S3. The van der Waals surface area contributed by atoms with E-state index in [9.17, 15) is 47.8 Å². The highest BCUT2D eigenvalue weighted by atomic mass is 32.8. The Labute approximate surface area is 128 Å². The summed E-state index contributed by atoms with van der Waals surface area (Å²) in [6, 6.07) is 0. The molecule has 0 saturated carbocycles. The normalized spacial score (nSPS) is 15.7. The van der Waals surface area contributed by atoms with Crippen LogP contribution in [0.15, 0.2) is 4.90 Å². The van der Waals surface area contributed by atoms with Crippen molar-refractivity contribution in [2.24, 2.45) is 0 Å². The molecule has 0 heterocycles. The molecule has 1 aromatic rings. The molecule has 0 spiro atoms. The highest BCUT2D eigenvalue weighted by molar-refractivity contribution is 8.34. The van der Waals surface area contributed by atoms with Crippen LogP contribution in [0.1, 0.15) is 0 Å². The molecule has 0 aliphatic carbocycles. The Morgan fingerprint density at radius 3 is 1.43 bits per heavy atom. The van der Waals surface area contributed by atoms with Crippen molar-refractivity contribution in [3.05, 3.63) is 29.1 Å². The third kappa shape index (κ3) is 3.01. The highest BCUT2D eigenvalue weighted by Crippen LogP contribution is 2.33. The van der Waals surface area contributed by atoms with Crippen molar-refractivity contribution in [2.45, 2.75) is 10.4 Å². The maximum absolute atomic E-state index is 13.5. The first kappa shape index (κ1) is 20.0. The average molecular weight is 409 g/mol. The van der Waals surface area contributed by atoms with Crippen LogP contribution in [0.25, 0.3) is 0 Å². The molecule has 0 bridgehead atoms. The highest BCUT2D eigenvalue weighted by Gasteiger charge is 2.52. The third-order valence-corrected chi connectivity index (χ3v) is 7.88. The lowest BCUT2D eigenvalue weighted by Gasteiger charge is -2.22. The maximum atomic E-state index is 13.5. The van der Waals surface area contributed by atoms with E-state index in [-0.39, 0.29) is 7.05 Å². The Balaban J connectivity index is 3.79. The zero-order valence-corrected chi connectivity index (χ0v) is 12.9. The van der Waals surface area contributed by atoms with Crippen LogP contribution >= 0.6 is 0 Å². The van der Waals surface area contributed by atoms with Crippen molar-refractivity contribution in [3.8, 4) is 0 Å². The summed E-state index contributed by atoms with van der Waals surface area (Å²) in [6.45, 7) is 0. The predicted octanol–water partition coefficient (Wildman–Crippen LogP) is 2.18. The molecule has 1 unspecified atom stereocenters. The molecule has 0 saturated heterocycles. The lowest BCUT2D eigenvalue weighted by Crippen LogP contribution is -2.42. The Hall–Kier alpha value is -1.06. The molecule has 15 heteroatoms. The minimum atomic E-state index is -6.47.